The van der Waals surface area contributed by atoms with Gasteiger partial charge in [-0.25, -0.2) is 0 Å². The van der Waals surface area contributed by atoms with Gasteiger partial charge in [-0.1, -0.05) is 97.4 Å². The van der Waals surface area contributed by atoms with E-state index in [9.17, 15) is 5.11 Å². The predicted octanol–water partition coefficient (Wildman–Crippen LogP) is 8.02. The summed E-state index contributed by atoms with van der Waals surface area (Å²) in [6.45, 7) is 2.22. The van der Waals surface area contributed by atoms with E-state index in [0.717, 1.165) is 39.3 Å². The molecule has 0 aliphatic heterocycles. The molecule has 2 bridgehead atoms. The van der Waals surface area contributed by atoms with Crippen LogP contribution in [0.15, 0.2) is 108 Å². The summed E-state index contributed by atoms with van der Waals surface area (Å²) in [6, 6.07) is 36.1. The number of rotatable bonds is 6. The van der Waals surface area contributed by atoms with Gasteiger partial charge in [0, 0.05) is 22.8 Å². The maximum atomic E-state index is 11.8. The topological polar surface area (TPSA) is 32.6 Å². The minimum Gasteiger partial charge on any atom is -0.507 e. The van der Waals surface area contributed by atoms with Crippen LogP contribution in [0, 0.1) is 11.8 Å². The fraction of sp³-hybridized carbons (Fsp3) is 0.265. The van der Waals surface area contributed by atoms with Crippen molar-refractivity contribution in [2.75, 3.05) is 0 Å². The Balaban J connectivity index is 1.54. The number of aromatic hydroxyl groups is 1. The number of hydrogen-bond donors (Lipinski definition) is 1. The monoisotopic (exact) mass is 471 g/mol. The van der Waals surface area contributed by atoms with Crippen molar-refractivity contribution in [3.05, 3.63) is 125 Å². The number of hydrogen-bond acceptors (Lipinski definition) is 2. The summed E-state index contributed by atoms with van der Waals surface area (Å²) >= 11 is 0. The predicted molar refractivity (Wildman–Crippen MR) is 149 cm³/mol. The maximum Gasteiger partial charge on any atom is 0.128 e. The van der Waals surface area contributed by atoms with Gasteiger partial charge in [-0.15, -0.1) is 0 Å². The van der Waals surface area contributed by atoms with E-state index < -0.39 is 5.41 Å². The third-order valence-electron chi connectivity index (χ3n) is 8.59. The Labute approximate surface area is 214 Å². The third kappa shape index (κ3) is 4.05. The fourth-order valence-electron chi connectivity index (χ4n) is 6.52. The molecule has 2 aliphatic carbocycles. The molecule has 0 saturated heterocycles. The van der Waals surface area contributed by atoms with E-state index >= 15 is 0 Å². The summed E-state index contributed by atoms with van der Waals surface area (Å²) in [4.78, 5) is 5.06. The minimum absolute atomic E-state index is 0.316. The quantitative estimate of drug-likeness (QED) is 0.224. The SMILES string of the molecule is CC(c1ccccc1)(c1ccccc1)c1cc(-c2ccccc2)cc(C=NC2CC3CCC2C3)c1O. The first-order valence-corrected chi connectivity index (χ1v) is 13.2. The van der Waals surface area contributed by atoms with E-state index in [2.05, 4.69) is 91.9 Å². The van der Waals surface area contributed by atoms with Crippen molar-refractivity contribution in [1.82, 2.24) is 0 Å². The minimum atomic E-state index is -0.535. The number of phenols is 1. The Morgan fingerprint density at radius 2 is 1.36 bits per heavy atom. The number of fused-ring (bicyclic) bond motifs is 2. The van der Waals surface area contributed by atoms with Crippen molar-refractivity contribution in [2.45, 2.75) is 44.1 Å². The number of aliphatic imine (C=N–C) groups is 1. The summed E-state index contributed by atoms with van der Waals surface area (Å²) in [6.07, 6.45) is 7.13. The summed E-state index contributed by atoms with van der Waals surface area (Å²) in [5, 5.41) is 11.8. The Morgan fingerprint density at radius 1 is 0.750 bits per heavy atom. The van der Waals surface area contributed by atoms with Crippen molar-refractivity contribution in [3.8, 4) is 16.9 Å². The maximum absolute atomic E-state index is 11.8. The van der Waals surface area contributed by atoms with Crippen molar-refractivity contribution >= 4 is 6.21 Å². The number of benzene rings is 4. The van der Waals surface area contributed by atoms with Gasteiger partial charge in [-0.05, 0) is 72.4 Å². The lowest BCUT2D eigenvalue weighted by Crippen LogP contribution is -2.26. The molecular formula is C34H33NO. The highest BCUT2D eigenvalue weighted by molar-refractivity contribution is 5.88. The zero-order chi connectivity index (χ0) is 24.5. The molecule has 2 nitrogen and oxygen atoms in total. The first kappa shape index (κ1) is 22.8. The summed E-state index contributed by atoms with van der Waals surface area (Å²) in [5.74, 6) is 1.87. The first-order chi connectivity index (χ1) is 17.6. The van der Waals surface area contributed by atoms with Crippen LogP contribution in [-0.2, 0) is 5.41 Å². The first-order valence-electron chi connectivity index (χ1n) is 13.2. The second-order valence-electron chi connectivity index (χ2n) is 10.7. The van der Waals surface area contributed by atoms with Gasteiger partial charge in [0.05, 0.1) is 6.04 Å². The van der Waals surface area contributed by atoms with Gasteiger partial charge < -0.3 is 5.11 Å². The molecule has 1 N–H and O–H groups in total. The van der Waals surface area contributed by atoms with E-state index in [4.69, 9.17) is 4.99 Å². The molecule has 4 aromatic carbocycles. The zero-order valence-electron chi connectivity index (χ0n) is 20.8. The highest BCUT2D eigenvalue weighted by Crippen LogP contribution is 2.47. The van der Waals surface area contributed by atoms with Crippen LogP contribution < -0.4 is 0 Å². The molecule has 3 atom stereocenters. The van der Waals surface area contributed by atoms with Crippen LogP contribution in [0.1, 0.15) is 54.9 Å². The van der Waals surface area contributed by atoms with Gasteiger partial charge in [0.2, 0.25) is 0 Å². The lowest BCUT2D eigenvalue weighted by Gasteiger charge is -2.33. The molecule has 3 unspecified atom stereocenters. The molecule has 0 amide bonds. The van der Waals surface area contributed by atoms with Gasteiger partial charge in [-0.2, -0.15) is 0 Å². The Hall–Kier alpha value is -3.65. The largest absolute Gasteiger partial charge is 0.507 e. The lowest BCUT2D eigenvalue weighted by molar-refractivity contribution is 0.421. The van der Waals surface area contributed by atoms with Crippen LogP contribution in [0.2, 0.25) is 0 Å². The zero-order valence-corrected chi connectivity index (χ0v) is 20.8. The van der Waals surface area contributed by atoms with E-state index in [1.165, 1.54) is 25.7 Å². The summed E-state index contributed by atoms with van der Waals surface area (Å²) < 4.78 is 0. The molecule has 6 rings (SSSR count). The van der Waals surface area contributed by atoms with Crippen LogP contribution >= 0.6 is 0 Å². The molecule has 2 aliphatic rings. The van der Waals surface area contributed by atoms with Crippen molar-refractivity contribution < 1.29 is 5.11 Å². The molecule has 0 aromatic heterocycles. The van der Waals surface area contributed by atoms with Gasteiger partial charge >= 0.3 is 0 Å². The fourth-order valence-corrected chi connectivity index (χ4v) is 6.52. The second-order valence-corrected chi connectivity index (χ2v) is 10.7. The molecular weight excluding hydrogens is 438 g/mol. The average Bonchev–Trinajstić information content (AvgIpc) is 3.57. The molecule has 2 fully saturated rings. The van der Waals surface area contributed by atoms with Crippen LogP contribution in [0.25, 0.3) is 11.1 Å². The molecule has 4 aromatic rings. The number of nitrogens with zero attached hydrogens (tertiary/aromatic N) is 1. The summed E-state index contributed by atoms with van der Waals surface area (Å²) in [7, 11) is 0. The summed E-state index contributed by atoms with van der Waals surface area (Å²) in [5.41, 5.74) is 5.68. The molecule has 2 heteroatoms. The number of phenolic OH excluding ortho intramolecular Hbond substituents is 1. The standard InChI is InChI=1S/C34H33NO/c1-34(29-13-7-3-8-14-29,30-15-9-4-10-16-30)31-22-27(25-11-5-2-6-12-25)21-28(33(31)36)23-35-32-20-24-17-18-26(32)19-24/h2-16,21-24,26,32,36H,17-20H2,1H3. The normalized spacial score (nSPS) is 21.3. The lowest BCUT2D eigenvalue weighted by atomic mass is 9.70. The van der Waals surface area contributed by atoms with Gasteiger partial charge in [0.15, 0.2) is 0 Å². The smallest absolute Gasteiger partial charge is 0.128 e. The Kier molecular flexibility index (Phi) is 5.97. The van der Waals surface area contributed by atoms with Crippen LogP contribution in [0.5, 0.6) is 5.75 Å². The second kappa shape index (κ2) is 9.43. The molecule has 0 heterocycles. The molecule has 0 spiro atoms. The van der Waals surface area contributed by atoms with Crippen LogP contribution in [0.3, 0.4) is 0 Å². The van der Waals surface area contributed by atoms with E-state index in [1.54, 1.807) is 0 Å². The highest BCUT2D eigenvalue weighted by atomic mass is 16.3. The Bertz CT molecular complexity index is 1320. The van der Waals surface area contributed by atoms with Gasteiger partial charge in [0.25, 0.3) is 0 Å². The van der Waals surface area contributed by atoms with Crippen molar-refractivity contribution in [2.24, 2.45) is 16.8 Å². The van der Waals surface area contributed by atoms with Gasteiger partial charge in [0.1, 0.15) is 5.75 Å². The van der Waals surface area contributed by atoms with E-state index in [-0.39, 0.29) is 0 Å². The Morgan fingerprint density at radius 3 is 1.92 bits per heavy atom. The van der Waals surface area contributed by atoms with E-state index in [1.807, 2.05) is 24.4 Å². The average molecular weight is 472 g/mol. The van der Waals surface area contributed by atoms with Crippen molar-refractivity contribution in [1.29, 1.82) is 0 Å². The highest BCUT2D eigenvalue weighted by Gasteiger charge is 2.39. The third-order valence-corrected chi connectivity index (χ3v) is 8.59. The molecule has 36 heavy (non-hydrogen) atoms. The molecule has 180 valence electrons. The van der Waals surface area contributed by atoms with Crippen molar-refractivity contribution in [3.63, 3.8) is 0 Å². The van der Waals surface area contributed by atoms with Gasteiger partial charge in [-0.3, -0.25) is 4.99 Å². The molecule has 2 saturated carbocycles. The molecule has 0 radical (unpaired) electrons. The van der Waals surface area contributed by atoms with Crippen LogP contribution in [0.4, 0.5) is 0 Å². The van der Waals surface area contributed by atoms with Crippen LogP contribution in [-0.4, -0.2) is 17.4 Å². The van der Waals surface area contributed by atoms with E-state index in [0.29, 0.717) is 17.7 Å².